The number of nitrogens with zero attached hydrogens (tertiary/aromatic N) is 1. The number of hydrogen-bond acceptors (Lipinski definition) is 6. The van der Waals surface area contributed by atoms with E-state index in [1.807, 2.05) is 11.5 Å². The van der Waals surface area contributed by atoms with E-state index in [1.165, 1.54) is 0 Å². The second-order valence-electron chi connectivity index (χ2n) is 7.35. The highest BCUT2D eigenvalue weighted by Gasteiger charge is 2.27. The van der Waals surface area contributed by atoms with Gasteiger partial charge >= 0.3 is 5.97 Å². The summed E-state index contributed by atoms with van der Waals surface area (Å²) in [4.78, 5) is 25.0. The predicted octanol–water partition coefficient (Wildman–Crippen LogP) is 3.49. The largest absolute Gasteiger partial charge is 0.501 e. The Hall–Kier alpha value is -3.22. The molecule has 7 nitrogen and oxygen atoms in total. The van der Waals surface area contributed by atoms with E-state index in [4.69, 9.17) is 14.9 Å². The van der Waals surface area contributed by atoms with E-state index in [0.29, 0.717) is 17.6 Å². The highest BCUT2D eigenvalue weighted by atomic mass is 16.6. The normalized spacial score (nSPS) is 11.9. The highest BCUT2D eigenvalue weighted by molar-refractivity contribution is 6.11. The predicted molar refractivity (Wildman–Crippen MR) is 104 cm³/mol. The van der Waals surface area contributed by atoms with Gasteiger partial charge in [-0.1, -0.05) is 6.08 Å². The Morgan fingerprint density at radius 2 is 2.07 bits per heavy atom. The maximum absolute atomic E-state index is 12.6. The molecule has 0 aliphatic heterocycles. The van der Waals surface area contributed by atoms with Crippen LogP contribution in [0.25, 0.3) is 21.9 Å². The van der Waals surface area contributed by atoms with E-state index >= 15 is 0 Å². The molecule has 3 rings (SSSR count). The molecule has 0 fully saturated rings. The minimum atomic E-state index is -0.920. The van der Waals surface area contributed by atoms with E-state index in [9.17, 15) is 14.7 Å². The van der Waals surface area contributed by atoms with E-state index in [1.54, 1.807) is 39.0 Å². The van der Waals surface area contributed by atoms with Crippen LogP contribution in [0.4, 0.5) is 5.69 Å². The molecule has 0 aliphatic carbocycles. The fourth-order valence-corrected chi connectivity index (χ4v) is 3.06. The molecule has 0 spiro atoms. The first-order chi connectivity index (χ1) is 12.6. The molecule has 1 aromatic carbocycles. The zero-order valence-corrected chi connectivity index (χ0v) is 15.8. The molecule has 0 unspecified atom stereocenters. The van der Waals surface area contributed by atoms with Gasteiger partial charge in [0.1, 0.15) is 5.60 Å². The van der Waals surface area contributed by atoms with Gasteiger partial charge in [-0.15, -0.1) is 6.58 Å². The van der Waals surface area contributed by atoms with Crippen LogP contribution in [0.15, 0.2) is 34.0 Å². The summed E-state index contributed by atoms with van der Waals surface area (Å²) in [7, 11) is 0. The van der Waals surface area contributed by atoms with Crippen LogP contribution in [0.1, 0.15) is 37.0 Å². The zero-order valence-electron chi connectivity index (χ0n) is 15.8. The van der Waals surface area contributed by atoms with E-state index in [2.05, 4.69) is 6.58 Å². The minimum absolute atomic E-state index is 0.134. The number of aromatic hydroxyl groups is 1. The van der Waals surface area contributed by atoms with Crippen molar-refractivity contribution in [1.82, 2.24) is 4.57 Å². The summed E-state index contributed by atoms with van der Waals surface area (Å²) in [6.45, 7) is 11.1. The molecule has 0 saturated heterocycles. The van der Waals surface area contributed by atoms with Crippen molar-refractivity contribution >= 4 is 33.5 Å². The third-order valence-corrected chi connectivity index (χ3v) is 4.27. The lowest BCUT2D eigenvalue weighted by molar-refractivity contribution is 0.00322. The second-order valence-corrected chi connectivity index (χ2v) is 7.35. The van der Waals surface area contributed by atoms with Crippen molar-refractivity contribution in [3.05, 3.63) is 46.5 Å². The van der Waals surface area contributed by atoms with E-state index in [0.717, 1.165) is 11.2 Å². The van der Waals surface area contributed by atoms with Crippen LogP contribution in [0.3, 0.4) is 0 Å². The molecule has 3 aromatic rings. The third-order valence-electron chi connectivity index (χ3n) is 4.27. The van der Waals surface area contributed by atoms with Gasteiger partial charge in [-0.25, -0.2) is 4.79 Å². The van der Waals surface area contributed by atoms with Crippen molar-refractivity contribution in [2.24, 2.45) is 0 Å². The number of anilines is 1. The Balaban J connectivity index is 2.39. The summed E-state index contributed by atoms with van der Waals surface area (Å²) in [6.07, 6.45) is 1.73. The van der Waals surface area contributed by atoms with Gasteiger partial charge in [-0.05, 0) is 39.8 Å². The van der Waals surface area contributed by atoms with Crippen molar-refractivity contribution in [1.29, 1.82) is 0 Å². The molecule has 2 aromatic heterocycles. The van der Waals surface area contributed by atoms with Gasteiger partial charge in [0.25, 0.3) is 5.76 Å². The van der Waals surface area contributed by atoms with Crippen molar-refractivity contribution in [3.8, 4) is 5.75 Å². The number of fused-ring (bicyclic) bond motifs is 3. The van der Waals surface area contributed by atoms with Crippen LogP contribution in [-0.2, 0) is 11.3 Å². The number of hydrogen-bond donors (Lipinski definition) is 2. The lowest BCUT2D eigenvalue weighted by Gasteiger charge is -2.19. The SMILES string of the molecule is C=CCn1c(C)c(N)c2c3oc(C(=O)OC(C)(C)C)c(O)c(=O)c3ccc21. The summed E-state index contributed by atoms with van der Waals surface area (Å²) in [6, 6.07) is 3.27. The number of ether oxygens (including phenoxy) is 1. The molecule has 7 heteroatoms. The van der Waals surface area contributed by atoms with Crippen LogP contribution in [-0.4, -0.2) is 21.2 Å². The Morgan fingerprint density at radius 1 is 1.41 bits per heavy atom. The molecule has 0 amide bonds. The quantitative estimate of drug-likeness (QED) is 0.540. The number of nitrogen functional groups attached to an aromatic ring is 1. The lowest BCUT2D eigenvalue weighted by Crippen LogP contribution is -2.24. The van der Waals surface area contributed by atoms with Gasteiger partial charge in [-0.3, -0.25) is 4.79 Å². The van der Waals surface area contributed by atoms with Crippen LogP contribution in [0, 0.1) is 6.92 Å². The number of carbonyl (C=O) groups excluding carboxylic acids is 1. The van der Waals surface area contributed by atoms with Crippen molar-refractivity contribution in [2.75, 3.05) is 5.73 Å². The van der Waals surface area contributed by atoms with Crippen molar-refractivity contribution in [2.45, 2.75) is 39.8 Å². The Labute approximate surface area is 155 Å². The molecule has 0 atom stereocenters. The number of nitrogens with two attached hydrogens (primary N) is 1. The maximum Gasteiger partial charge on any atom is 0.378 e. The number of carbonyl (C=O) groups is 1. The van der Waals surface area contributed by atoms with Gasteiger partial charge in [-0.2, -0.15) is 0 Å². The first-order valence-corrected chi connectivity index (χ1v) is 8.48. The van der Waals surface area contributed by atoms with E-state index < -0.39 is 28.5 Å². The van der Waals surface area contributed by atoms with Gasteiger partial charge in [0.2, 0.25) is 11.2 Å². The summed E-state index contributed by atoms with van der Waals surface area (Å²) in [5, 5.41) is 10.8. The molecular formula is C20H22N2O5. The number of rotatable bonds is 3. The summed E-state index contributed by atoms with van der Waals surface area (Å²) in [5.41, 5.74) is 6.82. The number of benzene rings is 1. The van der Waals surface area contributed by atoms with Crippen LogP contribution >= 0.6 is 0 Å². The first kappa shape index (κ1) is 18.6. The maximum atomic E-state index is 12.6. The fourth-order valence-electron chi connectivity index (χ4n) is 3.06. The molecule has 2 heterocycles. The fraction of sp³-hybridized carbons (Fsp3) is 0.300. The second kappa shape index (κ2) is 6.19. The molecule has 3 N–H and O–H groups in total. The standard InChI is InChI=1S/C20H22N2O5/c1-6-9-22-10(2)14(21)13-12(22)8-7-11-15(23)16(24)18(26-17(11)13)19(25)27-20(3,4)5/h6-8,24H,1,9,21H2,2-5H3. The molecule has 27 heavy (non-hydrogen) atoms. The van der Waals surface area contributed by atoms with Crippen molar-refractivity contribution < 1.29 is 19.1 Å². The van der Waals surface area contributed by atoms with Crippen molar-refractivity contribution in [3.63, 3.8) is 0 Å². The summed E-state index contributed by atoms with van der Waals surface area (Å²) >= 11 is 0. The van der Waals surface area contributed by atoms with Gasteiger partial charge in [0, 0.05) is 12.2 Å². The Kier molecular flexibility index (Phi) is 4.26. The molecule has 0 bridgehead atoms. The van der Waals surface area contributed by atoms with E-state index in [-0.39, 0.29) is 11.0 Å². The van der Waals surface area contributed by atoms with Crippen LogP contribution in [0.2, 0.25) is 0 Å². The Bertz CT molecular complexity index is 1150. The number of allylic oxidation sites excluding steroid dienone is 1. The topological polar surface area (TPSA) is 108 Å². The molecule has 0 aliphatic rings. The molecule has 0 saturated carbocycles. The third kappa shape index (κ3) is 2.95. The summed E-state index contributed by atoms with van der Waals surface area (Å²) < 4.78 is 12.8. The molecule has 142 valence electrons. The minimum Gasteiger partial charge on any atom is -0.501 e. The van der Waals surface area contributed by atoms with Crippen LogP contribution in [0.5, 0.6) is 5.75 Å². The summed E-state index contributed by atoms with van der Waals surface area (Å²) in [5.74, 6) is -2.24. The first-order valence-electron chi connectivity index (χ1n) is 8.48. The average molecular weight is 370 g/mol. The van der Waals surface area contributed by atoms with Crippen LogP contribution < -0.4 is 11.2 Å². The van der Waals surface area contributed by atoms with Gasteiger partial charge < -0.3 is 24.6 Å². The number of esters is 1. The van der Waals surface area contributed by atoms with Gasteiger partial charge in [0.15, 0.2) is 5.58 Å². The smallest absolute Gasteiger partial charge is 0.378 e. The Morgan fingerprint density at radius 3 is 2.67 bits per heavy atom. The number of aromatic nitrogens is 1. The lowest BCUT2D eigenvalue weighted by atomic mass is 10.1. The average Bonchev–Trinajstić information content (AvgIpc) is 2.81. The monoisotopic (exact) mass is 370 g/mol. The molecular weight excluding hydrogens is 348 g/mol. The highest BCUT2D eigenvalue weighted by Crippen LogP contribution is 2.35. The molecule has 0 radical (unpaired) electrons. The van der Waals surface area contributed by atoms with Gasteiger partial charge in [0.05, 0.1) is 22.0 Å². The zero-order chi connectivity index (χ0) is 20.1.